The first-order chi connectivity index (χ1) is 9.15. The molecule has 1 aromatic carbocycles. The Morgan fingerprint density at radius 2 is 2.00 bits per heavy atom. The van der Waals surface area contributed by atoms with Gasteiger partial charge in [-0.15, -0.1) is 11.3 Å². The molecular formula is C15H17F2NS. The van der Waals surface area contributed by atoms with Gasteiger partial charge in [-0.1, -0.05) is 13.0 Å². The van der Waals surface area contributed by atoms with E-state index < -0.39 is 11.6 Å². The molecular weight excluding hydrogens is 264 g/mol. The molecule has 0 saturated carbocycles. The Balaban J connectivity index is 2.24. The molecule has 0 amide bonds. The predicted octanol–water partition coefficient (Wildman–Crippen LogP) is 4.09. The summed E-state index contributed by atoms with van der Waals surface area (Å²) in [5.41, 5.74) is 1.82. The summed E-state index contributed by atoms with van der Waals surface area (Å²) in [7, 11) is 1.87. The van der Waals surface area contributed by atoms with Crippen molar-refractivity contribution >= 4 is 11.3 Å². The van der Waals surface area contributed by atoms with Crippen LogP contribution in [-0.4, -0.2) is 7.05 Å². The fraction of sp³-hybridized carbons (Fsp3) is 0.333. The lowest BCUT2D eigenvalue weighted by Gasteiger charge is -2.17. The SMILES string of the molecule is CCc1ccsc1C(Cc1ccc(F)cc1F)NC. The van der Waals surface area contributed by atoms with Gasteiger partial charge in [-0.3, -0.25) is 0 Å². The number of hydrogen-bond acceptors (Lipinski definition) is 2. The highest BCUT2D eigenvalue weighted by Gasteiger charge is 2.17. The second-order valence-corrected chi connectivity index (χ2v) is 5.39. The topological polar surface area (TPSA) is 12.0 Å². The minimum absolute atomic E-state index is 0.0647. The number of nitrogens with one attached hydrogen (secondary N) is 1. The molecule has 1 unspecified atom stereocenters. The van der Waals surface area contributed by atoms with Crippen LogP contribution in [0.15, 0.2) is 29.6 Å². The zero-order valence-corrected chi connectivity index (χ0v) is 11.9. The van der Waals surface area contributed by atoms with Crippen molar-refractivity contribution in [2.24, 2.45) is 0 Å². The Kier molecular flexibility index (Phi) is 4.66. The molecule has 2 aromatic rings. The van der Waals surface area contributed by atoms with Crippen LogP contribution >= 0.6 is 11.3 Å². The summed E-state index contributed by atoms with van der Waals surface area (Å²) in [4.78, 5) is 1.23. The third-order valence-electron chi connectivity index (χ3n) is 3.27. The summed E-state index contributed by atoms with van der Waals surface area (Å²) < 4.78 is 26.6. The van der Waals surface area contributed by atoms with Gasteiger partial charge in [-0.05, 0) is 48.5 Å². The van der Waals surface area contributed by atoms with Crippen LogP contribution in [0, 0.1) is 11.6 Å². The van der Waals surface area contributed by atoms with Gasteiger partial charge in [0.1, 0.15) is 11.6 Å². The van der Waals surface area contributed by atoms with Gasteiger partial charge >= 0.3 is 0 Å². The lowest BCUT2D eigenvalue weighted by Crippen LogP contribution is -2.19. The summed E-state index contributed by atoms with van der Waals surface area (Å²) in [6, 6.07) is 5.94. The average molecular weight is 281 g/mol. The minimum Gasteiger partial charge on any atom is -0.312 e. The van der Waals surface area contributed by atoms with E-state index in [2.05, 4.69) is 23.7 Å². The molecule has 19 heavy (non-hydrogen) atoms. The zero-order valence-electron chi connectivity index (χ0n) is 11.0. The van der Waals surface area contributed by atoms with Crippen molar-refractivity contribution in [2.45, 2.75) is 25.8 Å². The molecule has 0 saturated heterocycles. The Hall–Kier alpha value is -1.26. The van der Waals surface area contributed by atoms with Crippen LogP contribution in [-0.2, 0) is 12.8 Å². The van der Waals surface area contributed by atoms with Crippen LogP contribution in [0.5, 0.6) is 0 Å². The van der Waals surface area contributed by atoms with Crippen molar-refractivity contribution < 1.29 is 8.78 Å². The Morgan fingerprint density at radius 3 is 2.63 bits per heavy atom. The second kappa shape index (κ2) is 6.26. The highest BCUT2D eigenvalue weighted by atomic mass is 32.1. The number of aryl methyl sites for hydroxylation is 1. The molecule has 4 heteroatoms. The fourth-order valence-corrected chi connectivity index (χ4v) is 3.29. The fourth-order valence-electron chi connectivity index (χ4n) is 2.18. The highest BCUT2D eigenvalue weighted by Crippen LogP contribution is 2.28. The third-order valence-corrected chi connectivity index (χ3v) is 4.34. The maximum Gasteiger partial charge on any atom is 0.129 e. The molecule has 0 spiro atoms. The smallest absolute Gasteiger partial charge is 0.129 e. The van der Waals surface area contributed by atoms with Crippen molar-refractivity contribution in [3.63, 3.8) is 0 Å². The average Bonchev–Trinajstić information content (AvgIpc) is 2.86. The predicted molar refractivity (Wildman–Crippen MR) is 75.6 cm³/mol. The lowest BCUT2D eigenvalue weighted by molar-refractivity contribution is 0.543. The molecule has 1 nitrogen and oxygen atoms in total. The summed E-state index contributed by atoms with van der Waals surface area (Å²) in [5.74, 6) is -1.01. The number of likely N-dealkylation sites (N-methyl/N-ethyl adjacent to an activating group) is 1. The Bertz CT molecular complexity index is 551. The number of rotatable bonds is 5. The van der Waals surface area contributed by atoms with Crippen LogP contribution in [0.1, 0.15) is 29.0 Å². The van der Waals surface area contributed by atoms with Crippen molar-refractivity contribution in [1.29, 1.82) is 0 Å². The van der Waals surface area contributed by atoms with Gasteiger partial charge in [0.25, 0.3) is 0 Å². The third kappa shape index (κ3) is 3.19. The van der Waals surface area contributed by atoms with Gasteiger partial charge in [0, 0.05) is 17.0 Å². The van der Waals surface area contributed by atoms with Crippen LogP contribution in [0.25, 0.3) is 0 Å². The number of thiophene rings is 1. The maximum atomic E-state index is 13.7. The van der Waals surface area contributed by atoms with E-state index in [1.807, 2.05) is 7.05 Å². The summed E-state index contributed by atoms with van der Waals surface area (Å²) in [6.45, 7) is 2.11. The van der Waals surface area contributed by atoms with Crippen molar-refractivity contribution in [2.75, 3.05) is 7.05 Å². The van der Waals surface area contributed by atoms with E-state index in [0.29, 0.717) is 12.0 Å². The molecule has 1 N–H and O–H groups in total. The van der Waals surface area contributed by atoms with E-state index >= 15 is 0 Å². The number of hydrogen-bond donors (Lipinski definition) is 1. The van der Waals surface area contributed by atoms with Gasteiger partial charge < -0.3 is 5.32 Å². The van der Waals surface area contributed by atoms with E-state index in [1.165, 1.54) is 22.6 Å². The summed E-state index contributed by atoms with van der Waals surface area (Å²) >= 11 is 1.68. The molecule has 0 aliphatic heterocycles. The van der Waals surface area contributed by atoms with Crippen molar-refractivity contribution in [1.82, 2.24) is 5.32 Å². The van der Waals surface area contributed by atoms with Gasteiger partial charge in [-0.25, -0.2) is 8.78 Å². The molecule has 0 fully saturated rings. The first-order valence-corrected chi connectivity index (χ1v) is 7.21. The van der Waals surface area contributed by atoms with Gasteiger partial charge in [0.2, 0.25) is 0 Å². The van der Waals surface area contributed by atoms with Gasteiger partial charge in [-0.2, -0.15) is 0 Å². The van der Waals surface area contributed by atoms with Crippen molar-refractivity contribution in [3.05, 3.63) is 57.3 Å². The molecule has 0 bridgehead atoms. The van der Waals surface area contributed by atoms with E-state index in [1.54, 1.807) is 11.3 Å². The second-order valence-electron chi connectivity index (χ2n) is 4.44. The van der Waals surface area contributed by atoms with Crippen molar-refractivity contribution in [3.8, 4) is 0 Å². The minimum atomic E-state index is -0.535. The van der Waals surface area contributed by atoms with Crippen LogP contribution in [0.3, 0.4) is 0 Å². The van der Waals surface area contributed by atoms with Crippen LogP contribution in [0.4, 0.5) is 8.78 Å². The molecule has 1 atom stereocenters. The highest BCUT2D eigenvalue weighted by molar-refractivity contribution is 7.10. The van der Waals surface area contributed by atoms with E-state index in [-0.39, 0.29) is 6.04 Å². The monoisotopic (exact) mass is 281 g/mol. The molecule has 0 aliphatic carbocycles. The molecule has 0 aliphatic rings. The van der Waals surface area contributed by atoms with Crippen LogP contribution < -0.4 is 5.32 Å². The first-order valence-electron chi connectivity index (χ1n) is 6.33. The molecule has 1 heterocycles. The van der Waals surface area contributed by atoms with E-state index in [4.69, 9.17) is 0 Å². The standard InChI is InChI=1S/C15H17F2NS/c1-3-10-6-7-19-15(10)14(18-2)8-11-4-5-12(16)9-13(11)17/h4-7,9,14,18H,3,8H2,1-2H3. The Labute approximate surface area is 116 Å². The lowest BCUT2D eigenvalue weighted by atomic mass is 10.0. The van der Waals surface area contributed by atoms with Gasteiger partial charge in [0.05, 0.1) is 0 Å². The van der Waals surface area contributed by atoms with Crippen LogP contribution in [0.2, 0.25) is 0 Å². The molecule has 0 radical (unpaired) electrons. The normalized spacial score (nSPS) is 12.6. The molecule has 2 rings (SSSR count). The Morgan fingerprint density at radius 1 is 1.21 bits per heavy atom. The molecule has 1 aromatic heterocycles. The quantitative estimate of drug-likeness (QED) is 0.870. The molecule has 102 valence electrons. The summed E-state index contributed by atoms with van der Waals surface area (Å²) in [5, 5.41) is 5.27. The number of halogens is 2. The van der Waals surface area contributed by atoms with E-state index in [9.17, 15) is 8.78 Å². The number of benzene rings is 1. The summed E-state index contributed by atoms with van der Waals surface area (Å²) in [6.07, 6.45) is 1.49. The largest absolute Gasteiger partial charge is 0.312 e. The van der Waals surface area contributed by atoms with E-state index in [0.717, 1.165) is 12.5 Å². The maximum absolute atomic E-state index is 13.7. The first kappa shape index (κ1) is 14.2. The van der Waals surface area contributed by atoms with Gasteiger partial charge in [0.15, 0.2) is 0 Å². The zero-order chi connectivity index (χ0) is 13.8.